The lowest BCUT2D eigenvalue weighted by Crippen LogP contribution is -2.37. The minimum atomic E-state index is -3.96. The van der Waals surface area contributed by atoms with Gasteiger partial charge in [0.15, 0.2) is 0 Å². The van der Waals surface area contributed by atoms with E-state index >= 15 is 0 Å². The maximum atomic E-state index is 13.1. The third-order valence-electron chi connectivity index (χ3n) is 4.69. The minimum Gasteiger partial charge on any atom is -0.465 e. The van der Waals surface area contributed by atoms with Crippen LogP contribution in [0.25, 0.3) is 0 Å². The number of esters is 1. The summed E-state index contributed by atoms with van der Waals surface area (Å²) in [5.74, 6) is -0.719. The summed E-state index contributed by atoms with van der Waals surface area (Å²) >= 11 is 0.987. The Kier molecular flexibility index (Phi) is 6.15. The van der Waals surface area contributed by atoms with Crippen molar-refractivity contribution in [3.63, 3.8) is 0 Å². The first kappa shape index (κ1) is 21.9. The molecule has 13 heteroatoms. The van der Waals surface area contributed by atoms with Crippen molar-refractivity contribution >= 4 is 37.4 Å². The molecule has 0 atom stereocenters. The number of methoxy groups -OCH3 is 1. The van der Waals surface area contributed by atoms with Crippen molar-refractivity contribution in [3.05, 3.63) is 27.7 Å². The third kappa shape index (κ3) is 3.97. The third-order valence-corrected chi connectivity index (χ3v) is 9.82. The highest BCUT2D eigenvalue weighted by Crippen LogP contribution is 2.28. The van der Waals surface area contributed by atoms with Gasteiger partial charge in [0.2, 0.25) is 20.0 Å². The highest BCUT2D eigenvalue weighted by molar-refractivity contribution is 7.89. The molecular weight excluding hydrogens is 440 g/mol. The molecule has 1 N–H and O–H groups in total. The molecule has 1 aliphatic rings. The first-order chi connectivity index (χ1) is 13.6. The van der Waals surface area contributed by atoms with Crippen LogP contribution in [0.5, 0.6) is 0 Å². The molecule has 0 unspecified atom stereocenters. The second kappa shape index (κ2) is 8.14. The van der Waals surface area contributed by atoms with Gasteiger partial charge < -0.3 is 4.74 Å². The molecule has 3 heterocycles. The molecule has 0 bridgehead atoms. The monoisotopic (exact) mass is 462 g/mol. The number of aromatic nitrogens is 2. The van der Waals surface area contributed by atoms with Crippen molar-refractivity contribution in [1.82, 2.24) is 18.8 Å². The number of hydrogen-bond donors (Lipinski definition) is 1. The molecule has 2 aromatic rings. The summed E-state index contributed by atoms with van der Waals surface area (Å²) in [5.41, 5.74) is 0.814. The number of nitrogens with zero attached hydrogens (tertiary/aromatic N) is 3. The summed E-state index contributed by atoms with van der Waals surface area (Å²) in [6.07, 6.45) is 0.325. The lowest BCUT2D eigenvalue weighted by atomic mass is 10.4. The van der Waals surface area contributed by atoms with Gasteiger partial charge in [0.25, 0.3) is 0 Å². The van der Waals surface area contributed by atoms with E-state index in [-0.39, 0.29) is 40.8 Å². The number of carbonyl (C=O) groups excluding carboxylic acids is 1. The van der Waals surface area contributed by atoms with Crippen LogP contribution in [0.2, 0.25) is 0 Å². The van der Waals surface area contributed by atoms with Gasteiger partial charge in [-0.2, -0.15) is 13.7 Å². The molecule has 160 valence electrons. The van der Waals surface area contributed by atoms with Crippen molar-refractivity contribution < 1.29 is 26.4 Å². The molecule has 1 fully saturated rings. The molecule has 1 saturated heterocycles. The van der Waals surface area contributed by atoms with E-state index in [1.165, 1.54) is 27.2 Å². The molecule has 3 rings (SSSR count). The quantitative estimate of drug-likeness (QED) is 0.655. The van der Waals surface area contributed by atoms with Crippen molar-refractivity contribution in [3.8, 4) is 0 Å². The molecule has 10 nitrogen and oxygen atoms in total. The first-order valence-electron chi connectivity index (χ1n) is 8.78. The number of nitrogens with one attached hydrogen (secondary N) is 1. The Hall–Kier alpha value is -1.80. The molecule has 0 spiro atoms. The van der Waals surface area contributed by atoms with Crippen LogP contribution in [0.15, 0.2) is 21.2 Å². The zero-order valence-corrected chi connectivity index (χ0v) is 18.7. The minimum absolute atomic E-state index is 0.00329. The van der Waals surface area contributed by atoms with Crippen molar-refractivity contribution in [2.24, 2.45) is 0 Å². The molecule has 0 amide bonds. The van der Waals surface area contributed by atoms with E-state index in [9.17, 15) is 21.6 Å². The number of sulfonamides is 2. The Morgan fingerprint density at radius 2 is 1.72 bits per heavy atom. The van der Waals surface area contributed by atoms with E-state index < -0.39 is 26.0 Å². The number of aromatic amines is 1. The summed E-state index contributed by atoms with van der Waals surface area (Å²) in [6.45, 7) is 3.56. The Morgan fingerprint density at radius 3 is 2.28 bits per heavy atom. The summed E-state index contributed by atoms with van der Waals surface area (Å²) < 4.78 is 59.4. The molecule has 2 aromatic heterocycles. The van der Waals surface area contributed by atoms with Crippen molar-refractivity contribution in [2.75, 3.05) is 33.3 Å². The molecule has 0 radical (unpaired) electrons. The van der Waals surface area contributed by atoms with Crippen LogP contribution in [0.1, 0.15) is 27.5 Å². The number of ether oxygens (including phenoxy) is 1. The lowest BCUT2D eigenvalue weighted by Gasteiger charge is -2.21. The van der Waals surface area contributed by atoms with Crippen molar-refractivity contribution in [2.45, 2.75) is 30.1 Å². The van der Waals surface area contributed by atoms with Gasteiger partial charge in [-0.05, 0) is 31.7 Å². The summed E-state index contributed by atoms with van der Waals surface area (Å²) in [7, 11) is -6.58. The largest absolute Gasteiger partial charge is 0.465 e. The number of rotatable bonds is 5. The summed E-state index contributed by atoms with van der Waals surface area (Å²) in [4.78, 5) is 11.9. The Bertz CT molecular complexity index is 1100. The second-order valence-electron chi connectivity index (χ2n) is 6.53. The zero-order chi connectivity index (χ0) is 21.4. The van der Waals surface area contributed by atoms with E-state index in [1.54, 1.807) is 13.8 Å². The predicted molar refractivity (Wildman–Crippen MR) is 106 cm³/mol. The van der Waals surface area contributed by atoms with Gasteiger partial charge in [0.05, 0.1) is 18.5 Å². The fourth-order valence-corrected chi connectivity index (χ4v) is 7.86. The van der Waals surface area contributed by atoms with E-state index in [1.807, 2.05) is 0 Å². The SMILES string of the molecule is COC(=O)c1sccc1S(=O)(=O)N1CCCN(S(=O)(=O)c2c(C)n[nH]c2C)CC1. The normalized spacial score (nSPS) is 17.2. The number of H-pyrrole nitrogens is 1. The number of thiophene rings is 1. The number of hydrogen-bond acceptors (Lipinski definition) is 8. The van der Waals surface area contributed by atoms with Crippen LogP contribution in [0, 0.1) is 13.8 Å². The fraction of sp³-hybridized carbons (Fsp3) is 0.500. The summed E-state index contributed by atoms with van der Waals surface area (Å²) in [6, 6.07) is 1.36. The van der Waals surface area contributed by atoms with Crippen LogP contribution in [0.4, 0.5) is 0 Å². The molecular formula is C16H22N4O6S3. The van der Waals surface area contributed by atoms with Gasteiger partial charge in [-0.15, -0.1) is 11.3 Å². The molecule has 0 saturated carbocycles. The molecule has 0 aliphatic carbocycles. The fourth-order valence-electron chi connectivity index (χ4n) is 3.28. The highest BCUT2D eigenvalue weighted by atomic mass is 32.2. The lowest BCUT2D eigenvalue weighted by molar-refractivity contribution is 0.0602. The molecule has 1 aliphatic heterocycles. The van der Waals surface area contributed by atoms with E-state index in [2.05, 4.69) is 14.9 Å². The smallest absolute Gasteiger partial charge is 0.349 e. The van der Waals surface area contributed by atoms with Crippen LogP contribution in [0.3, 0.4) is 0 Å². The van der Waals surface area contributed by atoms with Gasteiger partial charge in [0.1, 0.15) is 14.7 Å². The van der Waals surface area contributed by atoms with E-state index in [0.29, 0.717) is 17.8 Å². The first-order valence-corrected chi connectivity index (χ1v) is 12.5. The maximum absolute atomic E-state index is 13.1. The Labute approximate surface area is 173 Å². The number of aryl methyl sites for hydroxylation is 2. The number of carbonyl (C=O) groups is 1. The Morgan fingerprint density at radius 1 is 1.10 bits per heavy atom. The van der Waals surface area contributed by atoms with Crippen LogP contribution >= 0.6 is 11.3 Å². The average molecular weight is 463 g/mol. The Balaban J connectivity index is 1.85. The van der Waals surface area contributed by atoms with Crippen LogP contribution < -0.4 is 0 Å². The van der Waals surface area contributed by atoms with Gasteiger partial charge in [-0.25, -0.2) is 21.6 Å². The van der Waals surface area contributed by atoms with Gasteiger partial charge in [0, 0.05) is 26.2 Å². The maximum Gasteiger partial charge on any atom is 0.349 e. The van der Waals surface area contributed by atoms with Gasteiger partial charge in [-0.3, -0.25) is 5.10 Å². The van der Waals surface area contributed by atoms with Gasteiger partial charge in [-0.1, -0.05) is 0 Å². The predicted octanol–water partition coefficient (Wildman–Crippen LogP) is 0.960. The van der Waals surface area contributed by atoms with Crippen LogP contribution in [-0.4, -0.2) is 74.9 Å². The topological polar surface area (TPSA) is 130 Å². The zero-order valence-electron chi connectivity index (χ0n) is 16.2. The van der Waals surface area contributed by atoms with Gasteiger partial charge >= 0.3 is 5.97 Å². The van der Waals surface area contributed by atoms with Crippen LogP contribution in [-0.2, 0) is 24.8 Å². The molecule has 29 heavy (non-hydrogen) atoms. The van der Waals surface area contributed by atoms with Crippen molar-refractivity contribution in [1.29, 1.82) is 0 Å². The van der Waals surface area contributed by atoms with E-state index in [4.69, 9.17) is 0 Å². The average Bonchev–Trinajstić information content (AvgIpc) is 3.19. The standard InChI is InChI=1S/C16H22N4O6S3/c1-11-15(12(2)18-17-11)29(24,25)20-7-4-6-19(8-9-20)28(22,23)13-5-10-27-14(13)16(21)26-3/h5,10H,4,6-9H2,1-3H3,(H,17,18). The summed E-state index contributed by atoms with van der Waals surface area (Å²) in [5, 5.41) is 8.12. The van der Waals surface area contributed by atoms with E-state index in [0.717, 1.165) is 11.3 Å². The molecule has 0 aromatic carbocycles. The second-order valence-corrected chi connectivity index (χ2v) is 11.2. The highest BCUT2D eigenvalue weighted by Gasteiger charge is 2.35.